The molecular weight excluding hydrogens is 474 g/mol. The van der Waals surface area contributed by atoms with Crippen molar-refractivity contribution in [3.8, 4) is 28.6 Å². The molecule has 0 fully saturated rings. The van der Waals surface area contributed by atoms with Gasteiger partial charge in [-0.15, -0.1) is 10.2 Å². The first-order valence-corrected chi connectivity index (χ1v) is 11.5. The molecule has 4 aromatic rings. The summed E-state index contributed by atoms with van der Waals surface area (Å²) < 4.78 is 7.10. The Morgan fingerprint density at radius 2 is 1.85 bits per heavy atom. The van der Waals surface area contributed by atoms with E-state index in [4.69, 9.17) is 16.3 Å². The molecule has 1 aromatic heterocycles. The summed E-state index contributed by atoms with van der Waals surface area (Å²) in [5, 5.41) is 23.5. The van der Waals surface area contributed by atoms with Gasteiger partial charge in [0, 0.05) is 21.8 Å². The molecule has 0 atom stereocenters. The molecule has 8 nitrogen and oxygen atoms in total. The van der Waals surface area contributed by atoms with Gasteiger partial charge in [-0.1, -0.05) is 35.5 Å². The highest BCUT2D eigenvalue weighted by Crippen LogP contribution is 2.29. The first-order valence-electron chi connectivity index (χ1n) is 10.1. The number of nitrogens with zero attached hydrogens (tertiary/aromatic N) is 4. The quantitative estimate of drug-likeness (QED) is 0.212. The average molecular weight is 494 g/mol. The second kappa shape index (κ2) is 10.9. The van der Waals surface area contributed by atoms with Crippen LogP contribution in [-0.2, 0) is 4.79 Å². The zero-order valence-electron chi connectivity index (χ0n) is 18.1. The van der Waals surface area contributed by atoms with Crippen molar-refractivity contribution in [2.75, 3.05) is 12.9 Å². The molecule has 0 saturated heterocycles. The Bertz CT molecular complexity index is 1310. The summed E-state index contributed by atoms with van der Waals surface area (Å²) in [6.45, 7) is 0. The van der Waals surface area contributed by atoms with E-state index in [1.807, 2.05) is 41.0 Å². The largest absolute Gasteiger partial charge is 0.507 e. The second-order valence-corrected chi connectivity index (χ2v) is 8.37. The SMILES string of the molecule is COc1ccc(-c2nnc(SCC(=O)N/N=C/c3ccccc3O)n2-c2ccc(Cl)cc2)cc1. The van der Waals surface area contributed by atoms with E-state index in [0.717, 1.165) is 17.0 Å². The lowest BCUT2D eigenvalue weighted by Gasteiger charge is -2.11. The molecule has 1 amide bonds. The number of aromatic nitrogens is 3. The van der Waals surface area contributed by atoms with Crippen molar-refractivity contribution in [3.63, 3.8) is 0 Å². The Hall–Kier alpha value is -3.82. The molecule has 0 bridgehead atoms. The van der Waals surface area contributed by atoms with E-state index < -0.39 is 0 Å². The third-order valence-corrected chi connectivity index (χ3v) is 5.91. The maximum absolute atomic E-state index is 12.3. The van der Waals surface area contributed by atoms with E-state index in [1.165, 1.54) is 18.0 Å². The molecule has 2 N–H and O–H groups in total. The van der Waals surface area contributed by atoms with Crippen LogP contribution in [0.3, 0.4) is 0 Å². The number of methoxy groups -OCH3 is 1. The van der Waals surface area contributed by atoms with Gasteiger partial charge in [-0.05, 0) is 60.7 Å². The van der Waals surface area contributed by atoms with Gasteiger partial charge < -0.3 is 9.84 Å². The van der Waals surface area contributed by atoms with E-state index >= 15 is 0 Å². The molecule has 4 rings (SSSR count). The van der Waals surface area contributed by atoms with Crippen molar-refractivity contribution < 1.29 is 14.6 Å². The maximum atomic E-state index is 12.3. The zero-order chi connectivity index (χ0) is 23.9. The number of hydrogen-bond acceptors (Lipinski definition) is 7. The average Bonchev–Trinajstić information content (AvgIpc) is 3.28. The number of para-hydroxylation sites is 1. The zero-order valence-corrected chi connectivity index (χ0v) is 19.6. The maximum Gasteiger partial charge on any atom is 0.250 e. The van der Waals surface area contributed by atoms with Gasteiger partial charge in [0.25, 0.3) is 5.91 Å². The molecule has 10 heteroatoms. The molecular formula is C24H20ClN5O3S. The molecule has 0 unspecified atom stereocenters. The fourth-order valence-corrected chi connectivity index (χ4v) is 3.92. The van der Waals surface area contributed by atoms with Gasteiger partial charge in [-0.3, -0.25) is 9.36 Å². The fraction of sp³-hybridized carbons (Fsp3) is 0.0833. The third-order valence-electron chi connectivity index (χ3n) is 4.73. The first kappa shape index (κ1) is 23.3. The smallest absolute Gasteiger partial charge is 0.250 e. The second-order valence-electron chi connectivity index (χ2n) is 6.99. The molecule has 0 spiro atoms. The molecule has 172 valence electrons. The number of phenols is 1. The highest BCUT2D eigenvalue weighted by Gasteiger charge is 2.17. The minimum atomic E-state index is -0.326. The van der Waals surface area contributed by atoms with Crippen LogP contribution in [0.25, 0.3) is 17.1 Å². The summed E-state index contributed by atoms with van der Waals surface area (Å²) in [6, 6.07) is 21.5. The van der Waals surface area contributed by atoms with Gasteiger partial charge in [-0.25, -0.2) is 5.43 Å². The van der Waals surface area contributed by atoms with E-state index in [1.54, 1.807) is 43.5 Å². The van der Waals surface area contributed by atoms with Gasteiger partial charge in [0.1, 0.15) is 11.5 Å². The lowest BCUT2D eigenvalue weighted by Crippen LogP contribution is -2.20. The molecule has 3 aromatic carbocycles. The van der Waals surface area contributed by atoms with E-state index in [0.29, 0.717) is 21.6 Å². The molecule has 0 aliphatic heterocycles. The lowest BCUT2D eigenvalue weighted by molar-refractivity contribution is -0.118. The van der Waals surface area contributed by atoms with Crippen LogP contribution in [-0.4, -0.2) is 44.9 Å². The summed E-state index contributed by atoms with van der Waals surface area (Å²) >= 11 is 7.29. The number of rotatable bonds is 8. The topological polar surface area (TPSA) is 102 Å². The van der Waals surface area contributed by atoms with Crippen molar-refractivity contribution in [2.45, 2.75) is 5.16 Å². The van der Waals surface area contributed by atoms with Crippen LogP contribution in [0.1, 0.15) is 5.56 Å². The van der Waals surface area contributed by atoms with E-state index in [9.17, 15) is 9.90 Å². The van der Waals surface area contributed by atoms with Crippen molar-refractivity contribution in [2.24, 2.45) is 5.10 Å². The number of aromatic hydroxyl groups is 1. The Morgan fingerprint density at radius 3 is 2.56 bits per heavy atom. The number of thioether (sulfide) groups is 1. The number of carbonyl (C=O) groups is 1. The Labute approximate surface area is 205 Å². The van der Waals surface area contributed by atoms with Crippen LogP contribution < -0.4 is 10.2 Å². The van der Waals surface area contributed by atoms with Crippen molar-refractivity contribution >= 4 is 35.5 Å². The number of hydrazone groups is 1. The van der Waals surface area contributed by atoms with Crippen LogP contribution in [0, 0.1) is 0 Å². The highest BCUT2D eigenvalue weighted by atomic mass is 35.5. The molecule has 34 heavy (non-hydrogen) atoms. The number of hydrogen-bond donors (Lipinski definition) is 2. The minimum Gasteiger partial charge on any atom is -0.507 e. The van der Waals surface area contributed by atoms with Crippen molar-refractivity contribution in [1.82, 2.24) is 20.2 Å². The minimum absolute atomic E-state index is 0.0620. The Balaban J connectivity index is 1.53. The van der Waals surface area contributed by atoms with Crippen LogP contribution in [0.2, 0.25) is 5.02 Å². The summed E-state index contributed by atoms with van der Waals surface area (Å²) in [4.78, 5) is 12.3. The number of nitrogens with one attached hydrogen (secondary N) is 1. The summed E-state index contributed by atoms with van der Waals surface area (Å²) in [7, 11) is 1.61. The van der Waals surface area contributed by atoms with Crippen LogP contribution >= 0.6 is 23.4 Å². The van der Waals surface area contributed by atoms with E-state index in [-0.39, 0.29) is 17.4 Å². The van der Waals surface area contributed by atoms with E-state index in [2.05, 4.69) is 20.7 Å². The number of phenolic OH excluding ortho intramolecular Hbond substituents is 1. The predicted octanol–water partition coefficient (Wildman–Crippen LogP) is 4.54. The van der Waals surface area contributed by atoms with Gasteiger partial charge in [0.15, 0.2) is 11.0 Å². The van der Waals surface area contributed by atoms with Crippen molar-refractivity contribution in [3.05, 3.63) is 83.4 Å². The number of halogens is 1. The predicted molar refractivity (Wildman–Crippen MR) is 133 cm³/mol. The molecule has 0 aliphatic rings. The molecule has 0 aliphatic carbocycles. The first-order chi connectivity index (χ1) is 16.5. The monoisotopic (exact) mass is 493 g/mol. The van der Waals surface area contributed by atoms with Gasteiger partial charge in [-0.2, -0.15) is 5.10 Å². The Kier molecular flexibility index (Phi) is 7.46. The standard InChI is InChI=1S/C24H20ClN5O3S/c1-33-20-12-6-16(7-13-20)23-28-29-24(30(23)19-10-8-18(25)9-11-19)34-15-22(32)27-26-14-17-4-2-3-5-21(17)31/h2-14,31H,15H2,1H3,(H,27,32)/b26-14+. The van der Waals surface area contributed by atoms with Gasteiger partial charge in [0.05, 0.1) is 19.1 Å². The third kappa shape index (κ3) is 5.56. The lowest BCUT2D eigenvalue weighted by atomic mass is 10.2. The summed E-state index contributed by atoms with van der Waals surface area (Å²) in [5.74, 6) is 1.17. The van der Waals surface area contributed by atoms with Gasteiger partial charge >= 0.3 is 0 Å². The Morgan fingerprint density at radius 1 is 1.12 bits per heavy atom. The molecule has 0 radical (unpaired) electrons. The van der Waals surface area contributed by atoms with Crippen LogP contribution in [0.5, 0.6) is 11.5 Å². The summed E-state index contributed by atoms with van der Waals surface area (Å²) in [5.41, 5.74) is 4.60. The van der Waals surface area contributed by atoms with Crippen LogP contribution in [0.4, 0.5) is 0 Å². The molecule has 1 heterocycles. The fourth-order valence-electron chi connectivity index (χ4n) is 3.05. The summed E-state index contributed by atoms with van der Waals surface area (Å²) in [6.07, 6.45) is 1.38. The molecule has 0 saturated carbocycles. The van der Waals surface area contributed by atoms with Crippen LogP contribution in [0.15, 0.2) is 83.1 Å². The normalized spacial score (nSPS) is 11.0. The number of amides is 1. The van der Waals surface area contributed by atoms with Gasteiger partial charge in [0.2, 0.25) is 0 Å². The number of carbonyl (C=O) groups excluding carboxylic acids is 1. The number of benzene rings is 3. The van der Waals surface area contributed by atoms with Crippen molar-refractivity contribution in [1.29, 1.82) is 0 Å². The number of ether oxygens (including phenoxy) is 1. The highest BCUT2D eigenvalue weighted by molar-refractivity contribution is 7.99.